The predicted molar refractivity (Wildman–Crippen MR) is 73.6 cm³/mol. The van der Waals surface area contributed by atoms with Crippen molar-refractivity contribution in [2.24, 2.45) is 11.3 Å². The molecule has 0 aliphatic carbocycles. The van der Waals surface area contributed by atoms with E-state index in [2.05, 4.69) is 26.1 Å². The van der Waals surface area contributed by atoms with Gasteiger partial charge >= 0.3 is 6.03 Å². The molecule has 0 aromatic carbocycles. The van der Waals surface area contributed by atoms with Crippen LogP contribution in [-0.2, 0) is 4.74 Å². The maximum Gasteiger partial charge on any atom is 0.317 e. The Kier molecular flexibility index (Phi) is 5.93. The van der Waals surface area contributed by atoms with Crippen molar-refractivity contribution in [1.29, 1.82) is 0 Å². The molecule has 0 spiro atoms. The highest BCUT2D eigenvalue weighted by Crippen LogP contribution is 2.29. The summed E-state index contributed by atoms with van der Waals surface area (Å²) in [6.45, 7) is 9.76. The van der Waals surface area contributed by atoms with Gasteiger partial charge in [-0.1, -0.05) is 20.8 Å². The molecular weight excluding hydrogens is 228 g/mol. The normalized spacial score (nSPS) is 20.9. The van der Waals surface area contributed by atoms with E-state index in [-0.39, 0.29) is 6.03 Å². The van der Waals surface area contributed by atoms with Crippen molar-refractivity contribution in [3.05, 3.63) is 0 Å². The quantitative estimate of drug-likeness (QED) is 0.785. The molecule has 1 heterocycles. The van der Waals surface area contributed by atoms with Crippen LogP contribution in [0, 0.1) is 11.3 Å². The first-order valence-electron chi connectivity index (χ1n) is 6.94. The summed E-state index contributed by atoms with van der Waals surface area (Å²) in [5.74, 6) is 0.645. The third kappa shape index (κ3) is 5.71. The molecule has 1 atom stereocenters. The molecule has 0 bridgehead atoms. The fourth-order valence-electron chi connectivity index (χ4n) is 2.65. The number of likely N-dealkylation sites (tertiary alicyclic amines) is 1. The van der Waals surface area contributed by atoms with Crippen molar-refractivity contribution >= 4 is 6.03 Å². The maximum atomic E-state index is 11.9. The zero-order valence-corrected chi connectivity index (χ0v) is 12.3. The molecule has 1 fully saturated rings. The molecule has 0 radical (unpaired) electrons. The summed E-state index contributed by atoms with van der Waals surface area (Å²) in [7, 11) is 1.65. The highest BCUT2D eigenvalue weighted by atomic mass is 16.5. The van der Waals surface area contributed by atoms with Gasteiger partial charge in [0.2, 0.25) is 0 Å². The summed E-state index contributed by atoms with van der Waals surface area (Å²) in [5, 5.41) is 2.90. The highest BCUT2D eigenvalue weighted by molar-refractivity contribution is 5.74. The van der Waals surface area contributed by atoms with E-state index >= 15 is 0 Å². The van der Waals surface area contributed by atoms with Crippen LogP contribution in [0.5, 0.6) is 0 Å². The number of nitrogens with zero attached hydrogens (tertiary/aromatic N) is 1. The van der Waals surface area contributed by atoms with Gasteiger partial charge in [-0.15, -0.1) is 0 Å². The lowest BCUT2D eigenvalue weighted by Gasteiger charge is -2.35. The number of carbonyl (C=O) groups is 1. The number of methoxy groups -OCH3 is 1. The Morgan fingerprint density at radius 3 is 2.78 bits per heavy atom. The average Bonchev–Trinajstić information content (AvgIpc) is 2.27. The molecule has 2 amide bonds. The van der Waals surface area contributed by atoms with Crippen molar-refractivity contribution in [2.45, 2.75) is 40.0 Å². The molecule has 0 aromatic heterocycles. The number of piperidine rings is 1. The number of ether oxygens (including phenoxy) is 1. The van der Waals surface area contributed by atoms with E-state index in [1.54, 1.807) is 7.11 Å². The molecule has 1 rings (SSSR count). The van der Waals surface area contributed by atoms with Crippen molar-refractivity contribution in [1.82, 2.24) is 10.2 Å². The molecule has 18 heavy (non-hydrogen) atoms. The van der Waals surface area contributed by atoms with Crippen LogP contribution in [0.15, 0.2) is 0 Å². The maximum absolute atomic E-state index is 11.9. The van der Waals surface area contributed by atoms with Crippen molar-refractivity contribution < 1.29 is 9.53 Å². The number of nitrogens with one attached hydrogen (secondary N) is 1. The third-order valence-corrected chi connectivity index (χ3v) is 3.29. The summed E-state index contributed by atoms with van der Waals surface area (Å²) in [5.41, 5.74) is 0.347. The van der Waals surface area contributed by atoms with E-state index in [1.165, 1.54) is 12.8 Å². The summed E-state index contributed by atoms with van der Waals surface area (Å²) in [4.78, 5) is 13.9. The second-order valence-electron chi connectivity index (χ2n) is 6.44. The highest BCUT2D eigenvalue weighted by Gasteiger charge is 2.26. The van der Waals surface area contributed by atoms with Gasteiger partial charge in [0, 0.05) is 26.7 Å². The minimum atomic E-state index is 0.0608. The Hall–Kier alpha value is -0.770. The van der Waals surface area contributed by atoms with Crippen LogP contribution in [0.25, 0.3) is 0 Å². The van der Waals surface area contributed by atoms with Gasteiger partial charge in [0.1, 0.15) is 0 Å². The van der Waals surface area contributed by atoms with Crippen LogP contribution < -0.4 is 5.32 Å². The zero-order chi connectivity index (χ0) is 13.6. The van der Waals surface area contributed by atoms with Crippen LogP contribution in [0.3, 0.4) is 0 Å². The van der Waals surface area contributed by atoms with E-state index in [9.17, 15) is 4.79 Å². The molecule has 1 unspecified atom stereocenters. The molecule has 1 aliphatic heterocycles. The molecular formula is C14H28N2O2. The summed E-state index contributed by atoms with van der Waals surface area (Å²) >= 11 is 0. The van der Waals surface area contributed by atoms with Crippen LogP contribution in [0.4, 0.5) is 4.79 Å². The molecule has 4 heteroatoms. The van der Waals surface area contributed by atoms with E-state index in [1.807, 2.05) is 4.90 Å². The van der Waals surface area contributed by atoms with Gasteiger partial charge < -0.3 is 15.0 Å². The van der Waals surface area contributed by atoms with Crippen LogP contribution in [0.1, 0.15) is 40.0 Å². The Labute approximate surface area is 111 Å². The number of rotatable bonds is 4. The van der Waals surface area contributed by atoms with Gasteiger partial charge in [-0.3, -0.25) is 0 Å². The van der Waals surface area contributed by atoms with E-state index in [0.29, 0.717) is 24.5 Å². The van der Waals surface area contributed by atoms with Gasteiger partial charge in [0.05, 0.1) is 6.61 Å². The Morgan fingerprint density at radius 2 is 2.17 bits per heavy atom. The summed E-state index contributed by atoms with van der Waals surface area (Å²) in [6, 6.07) is 0.0608. The Balaban J connectivity index is 2.36. The van der Waals surface area contributed by atoms with Gasteiger partial charge in [0.25, 0.3) is 0 Å². The lowest BCUT2D eigenvalue weighted by molar-refractivity contribution is 0.141. The lowest BCUT2D eigenvalue weighted by atomic mass is 9.81. The summed E-state index contributed by atoms with van der Waals surface area (Å²) < 4.78 is 4.93. The predicted octanol–water partition coefficient (Wildman–Crippen LogP) is 2.49. The third-order valence-electron chi connectivity index (χ3n) is 3.29. The minimum Gasteiger partial charge on any atom is -0.383 e. The second-order valence-corrected chi connectivity index (χ2v) is 6.44. The molecule has 1 saturated heterocycles. The molecule has 1 aliphatic rings. The largest absolute Gasteiger partial charge is 0.383 e. The second kappa shape index (κ2) is 6.98. The van der Waals surface area contributed by atoms with Crippen LogP contribution in [-0.4, -0.2) is 44.3 Å². The lowest BCUT2D eigenvalue weighted by Crippen LogP contribution is -2.46. The van der Waals surface area contributed by atoms with Crippen LogP contribution >= 0.6 is 0 Å². The SMILES string of the molecule is COCCNC(=O)N1CCCC(CC(C)(C)C)C1. The first-order chi connectivity index (χ1) is 8.42. The molecule has 0 aromatic rings. The standard InChI is InChI=1S/C14H28N2O2/c1-14(2,3)10-12-6-5-8-16(11-12)13(17)15-7-9-18-4/h12H,5-11H2,1-4H3,(H,15,17). The zero-order valence-electron chi connectivity index (χ0n) is 12.3. The smallest absolute Gasteiger partial charge is 0.317 e. The van der Waals surface area contributed by atoms with E-state index < -0.39 is 0 Å². The van der Waals surface area contributed by atoms with Gasteiger partial charge in [-0.05, 0) is 30.6 Å². The number of hydrogen-bond donors (Lipinski definition) is 1. The number of amides is 2. The molecule has 4 nitrogen and oxygen atoms in total. The summed E-state index contributed by atoms with van der Waals surface area (Å²) in [6.07, 6.45) is 3.56. The topological polar surface area (TPSA) is 41.6 Å². The molecule has 0 saturated carbocycles. The first kappa shape index (κ1) is 15.3. The average molecular weight is 256 g/mol. The number of hydrogen-bond acceptors (Lipinski definition) is 2. The number of urea groups is 1. The van der Waals surface area contributed by atoms with Crippen molar-refractivity contribution in [3.8, 4) is 0 Å². The monoisotopic (exact) mass is 256 g/mol. The fourth-order valence-corrected chi connectivity index (χ4v) is 2.65. The van der Waals surface area contributed by atoms with E-state index in [0.717, 1.165) is 19.5 Å². The Bertz CT molecular complexity index is 261. The minimum absolute atomic E-state index is 0.0608. The molecule has 106 valence electrons. The molecule has 1 N–H and O–H groups in total. The number of carbonyl (C=O) groups excluding carboxylic acids is 1. The van der Waals surface area contributed by atoms with Crippen molar-refractivity contribution in [2.75, 3.05) is 33.4 Å². The van der Waals surface area contributed by atoms with Gasteiger partial charge in [-0.25, -0.2) is 4.79 Å². The Morgan fingerprint density at radius 1 is 1.44 bits per heavy atom. The van der Waals surface area contributed by atoms with Crippen molar-refractivity contribution in [3.63, 3.8) is 0 Å². The van der Waals surface area contributed by atoms with E-state index in [4.69, 9.17) is 4.74 Å². The van der Waals surface area contributed by atoms with Crippen LogP contribution in [0.2, 0.25) is 0 Å². The fraction of sp³-hybridized carbons (Fsp3) is 0.929. The van der Waals surface area contributed by atoms with Gasteiger partial charge in [-0.2, -0.15) is 0 Å². The van der Waals surface area contributed by atoms with Gasteiger partial charge in [0.15, 0.2) is 0 Å². The first-order valence-corrected chi connectivity index (χ1v) is 6.94.